The lowest BCUT2D eigenvalue weighted by Crippen LogP contribution is -2.36. The number of anilines is 1. The third kappa shape index (κ3) is 9.04. The maximum Gasteiger partial charge on any atom is 0.416 e. The van der Waals surface area contributed by atoms with Crippen LogP contribution in [0.5, 0.6) is 11.5 Å². The molecule has 0 aromatic heterocycles. The van der Waals surface area contributed by atoms with E-state index in [0.717, 1.165) is 23.3 Å². The highest BCUT2D eigenvalue weighted by Crippen LogP contribution is 2.32. The molecule has 40 heavy (non-hydrogen) atoms. The largest absolute Gasteiger partial charge is 0.457 e. The van der Waals surface area contributed by atoms with Crippen LogP contribution in [0.2, 0.25) is 24.7 Å². The van der Waals surface area contributed by atoms with Gasteiger partial charge in [-0.2, -0.15) is 24.9 Å². The monoisotopic (exact) mass is 608 g/mol. The Morgan fingerprint density at radius 3 is 2.25 bits per heavy atom. The van der Waals surface area contributed by atoms with Gasteiger partial charge >= 0.3 is 6.18 Å². The molecule has 1 unspecified atom stereocenters. The van der Waals surface area contributed by atoms with Gasteiger partial charge in [0.05, 0.1) is 29.8 Å². The van der Waals surface area contributed by atoms with E-state index in [2.05, 4.69) is 30.3 Å². The van der Waals surface area contributed by atoms with Crippen LogP contribution >= 0.6 is 23.4 Å². The smallest absolute Gasteiger partial charge is 0.416 e. The fraction of sp³-hybridized carbons (Fsp3) is 0.310. The Balaban J connectivity index is 1.70. The summed E-state index contributed by atoms with van der Waals surface area (Å²) in [6, 6.07) is 13.8. The van der Waals surface area contributed by atoms with Crippen molar-refractivity contribution in [3.05, 3.63) is 87.9 Å². The van der Waals surface area contributed by atoms with Gasteiger partial charge in [0.25, 0.3) is 11.8 Å². The number of amides is 2. The van der Waals surface area contributed by atoms with Gasteiger partial charge in [-0.15, -0.1) is 0 Å². The summed E-state index contributed by atoms with van der Waals surface area (Å²) < 4.78 is 44.1. The van der Waals surface area contributed by atoms with Crippen LogP contribution in [0, 0.1) is 6.92 Å². The predicted molar refractivity (Wildman–Crippen MR) is 160 cm³/mol. The summed E-state index contributed by atoms with van der Waals surface area (Å²) in [5.41, 5.74) is 0.602. The minimum Gasteiger partial charge on any atom is -0.457 e. The topological polar surface area (TPSA) is 67.4 Å². The number of ether oxygens (including phenoxy) is 1. The number of carbonyl (C=O) groups excluding carboxylic acids is 2. The van der Waals surface area contributed by atoms with Crippen LogP contribution in [-0.2, 0) is 6.18 Å². The Kier molecular flexibility index (Phi) is 10.4. The molecule has 214 valence electrons. The molecule has 0 saturated carbocycles. The molecular formula is C29H32ClF3N2O3SSi. The average molecular weight is 609 g/mol. The van der Waals surface area contributed by atoms with E-state index in [0.29, 0.717) is 17.0 Å². The zero-order chi connectivity index (χ0) is 29.7. The van der Waals surface area contributed by atoms with Crippen molar-refractivity contribution in [2.45, 2.75) is 45.7 Å². The van der Waals surface area contributed by atoms with Crippen LogP contribution in [0.15, 0.2) is 60.7 Å². The number of hydrogen-bond donors (Lipinski definition) is 2. The second kappa shape index (κ2) is 13.1. The van der Waals surface area contributed by atoms with E-state index in [4.69, 9.17) is 16.3 Å². The first kappa shape index (κ1) is 31.6. The van der Waals surface area contributed by atoms with E-state index in [9.17, 15) is 22.8 Å². The molecule has 2 amide bonds. The van der Waals surface area contributed by atoms with E-state index < -0.39 is 31.6 Å². The molecule has 0 spiro atoms. The minimum atomic E-state index is -4.43. The van der Waals surface area contributed by atoms with Gasteiger partial charge in [-0.25, -0.2) is 0 Å². The lowest BCUT2D eigenvalue weighted by molar-refractivity contribution is -0.137. The van der Waals surface area contributed by atoms with Crippen molar-refractivity contribution >= 4 is 48.9 Å². The quantitative estimate of drug-likeness (QED) is 0.227. The molecule has 2 N–H and O–H groups in total. The molecule has 1 atom stereocenters. The summed E-state index contributed by atoms with van der Waals surface area (Å²) in [5, 5.41) is 7.01. The molecule has 3 aromatic rings. The fourth-order valence-corrected chi connectivity index (χ4v) is 7.32. The maximum absolute atomic E-state index is 13.2. The van der Waals surface area contributed by atoms with Gasteiger partial charge in [0.2, 0.25) is 0 Å². The summed E-state index contributed by atoms with van der Waals surface area (Å²) in [6.45, 7) is 10.5. The highest BCUT2D eigenvalue weighted by atomic mass is 35.5. The van der Waals surface area contributed by atoms with Gasteiger partial charge in [-0.3, -0.25) is 9.59 Å². The van der Waals surface area contributed by atoms with Gasteiger partial charge in [0.1, 0.15) is 11.5 Å². The zero-order valence-corrected chi connectivity index (χ0v) is 25.5. The molecule has 0 fully saturated rings. The van der Waals surface area contributed by atoms with Crippen LogP contribution in [0.1, 0.15) is 38.8 Å². The molecule has 0 radical (unpaired) electrons. The number of thioether (sulfide) groups is 1. The number of alkyl halides is 3. The summed E-state index contributed by atoms with van der Waals surface area (Å²) >= 11 is 8.17. The predicted octanol–water partition coefficient (Wildman–Crippen LogP) is 8.44. The fourth-order valence-electron chi connectivity index (χ4n) is 3.70. The van der Waals surface area contributed by atoms with Crippen LogP contribution in [-0.4, -0.2) is 37.1 Å². The molecular weight excluding hydrogens is 577 g/mol. The number of halogens is 4. The Hall–Kier alpha value is -2.95. The molecule has 3 aromatic carbocycles. The van der Waals surface area contributed by atoms with Crippen molar-refractivity contribution in [2.24, 2.45) is 0 Å². The summed E-state index contributed by atoms with van der Waals surface area (Å²) in [4.78, 5) is 26.3. The third-order valence-electron chi connectivity index (χ3n) is 5.63. The maximum atomic E-state index is 13.2. The number of nitrogens with one attached hydrogen (secondary N) is 2. The third-order valence-corrected chi connectivity index (χ3v) is 11.0. The van der Waals surface area contributed by atoms with Crippen molar-refractivity contribution in [1.82, 2.24) is 5.32 Å². The second-order valence-corrected chi connectivity index (χ2v) is 18.1. The van der Waals surface area contributed by atoms with Crippen LogP contribution in [0.25, 0.3) is 0 Å². The van der Waals surface area contributed by atoms with Crippen LogP contribution in [0.3, 0.4) is 0 Å². The number of carbonyl (C=O) groups is 2. The number of aryl methyl sites for hydroxylation is 1. The van der Waals surface area contributed by atoms with Crippen LogP contribution in [0.4, 0.5) is 18.9 Å². The van der Waals surface area contributed by atoms with Crippen molar-refractivity contribution in [3.63, 3.8) is 0 Å². The number of benzene rings is 3. The lowest BCUT2D eigenvalue weighted by Gasteiger charge is -2.19. The lowest BCUT2D eigenvalue weighted by atomic mass is 10.0. The van der Waals surface area contributed by atoms with E-state index in [1.165, 1.54) is 18.2 Å². The van der Waals surface area contributed by atoms with Gasteiger partial charge in [0.15, 0.2) is 0 Å². The Labute approximate surface area is 242 Å². The highest BCUT2D eigenvalue weighted by Gasteiger charge is 2.30. The van der Waals surface area contributed by atoms with Crippen molar-refractivity contribution < 1.29 is 27.5 Å². The first-order valence-electron chi connectivity index (χ1n) is 12.6. The molecule has 3 rings (SSSR count). The minimum absolute atomic E-state index is 0.101. The van der Waals surface area contributed by atoms with Gasteiger partial charge in [-0.05, 0) is 79.4 Å². The van der Waals surface area contributed by atoms with E-state index in [1.807, 2.05) is 6.92 Å². The molecule has 5 nitrogen and oxygen atoms in total. The molecule has 0 aliphatic carbocycles. The summed E-state index contributed by atoms with van der Waals surface area (Å²) in [6.07, 6.45) is -4.43. The summed E-state index contributed by atoms with van der Waals surface area (Å²) in [5.74, 6) is 0.454. The molecule has 0 aliphatic rings. The van der Waals surface area contributed by atoms with Crippen molar-refractivity contribution in [3.8, 4) is 11.5 Å². The molecule has 0 heterocycles. The first-order valence-corrected chi connectivity index (χ1v) is 17.8. The Bertz CT molecular complexity index is 1360. The zero-order valence-electron chi connectivity index (χ0n) is 22.9. The van der Waals surface area contributed by atoms with Gasteiger partial charge < -0.3 is 15.4 Å². The second-order valence-electron chi connectivity index (χ2n) is 10.7. The van der Waals surface area contributed by atoms with E-state index in [-0.39, 0.29) is 27.9 Å². The van der Waals surface area contributed by atoms with Crippen molar-refractivity contribution in [1.29, 1.82) is 0 Å². The normalized spacial score (nSPS) is 12.5. The standard InChI is InChI=1S/C29H32ClF3N2O3SSi/c1-18-15-22(38-21-11-9-20(10-12-21)29(31,32)33)13-14-25(18)35-27(36)23-7-6-8-24(30)26(23)28(37)34-19(2)16-39-17-40(3,4)5/h6-15,19H,16-17H2,1-5H3,(H,34,37)(H,35,36). The summed E-state index contributed by atoms with van der Waals surface area (Å²) in [7, 11) is -1.20. The highest BCUT2D eigenvalue weighted by molar-refractivity contribution is 8.00. The molecule has 0 aliphatic heterocycles. The Morgan fingerprint density at radius 1 is 1.00 bits per heavy atom. The number of rotatable bonds is 10. The Morgan fingerprint density at radius 2 is 1.65 bits per heavy atom. The average Bonchev–Trinajstić information content (AvgIpc) is 2.84. The van der Waals surface area contributed by atoms with Gasteiger partial charge in [0, 0.05) is 17.5 Å². The molecule has 0 saturated heterocycles. The SMILES string of the molecule is Cc1cc(Oc2ccc(C(F)(F)F)cc2)ccc1NC(=O)c1cccc(Cl)c1C(=O)NC(C)CSC[Si](C)(C)C. The number of hydrogen-bond acceptors (Lipinski definition) is 4. The van der Waals surface area contributed by atoms with E-state index in [1.54, 1.807) is 49.0 Å². The van der Waals surface area contributed by atoms with Crippen molar-refractivity contribution in [2.75, 3.05) is 16.4 Å². The van der Waals surface area contributed by atoms with Gasteiger partial charge in [-0.1, -0.05) is 37.3 Å². The van der Waals surface area contributed by atoms with E-state index >= 15 is 0 Å². The molecule has 11 heteroatoms. The molecule has 0 bridgehead atoms. The first-order chi connectivity index (χ1) is 18.6. The van der Waals surface area contributed by atoms with Crippen LogP contribution < -0.4 is 15.4 Å².